The molecule has 5 heteroatoms. The van der Waals surface area contributed by atoms with E-state index in [9.17, 15) is 9.50 Å². The number of ether oxygens (including phenoxy) is 1. The number of hydrogen-bond donors (Lipinski definition) is 2. The van der Waals surface area contributed by atoms with E-state index in [1.165, 1.54) is 24.3 Å². The molecule has 0 radical (unpaired) electrons. The van der Waals surface area contributed by atoms with Gasteiger partial charge in [-0.2, -0.15) is 0 Å². The molecular formula is C16H17ClFNO2. The summed E-state index contributed by atoms with van der Waals surface area (Å²) in [6.45, 7) is 1.10. The number of aliphatic hydroxyl groups excluding tert-OH is 1. The first kappa shape index (κ1) is 15.8. The number of halogens is 2. The van der Waals surface area contributed by atoms with Crippen molar-refractivity contribution in [1.82, 2.24) is 5.32 Å². The van der Waals surface area contributed by atoms with E-state index in [1.807, 2.05) is 24.3 Å². The van der Waals surface area contributed by atoms with Crippen molar-refractivity contribution in [1.29, 1.82) is 0 Å². The summed E-state index contributed by atoms with van der Waals surface area (Å²) in [7, 11) is 0. The van der Waals surface area contributed by atoms with E-state index in [-0.39, 0.29) is 12.4 Å². The highest BCUT2D eigenvalue weighted by Crippen LogP contribution is 2.14. The monoisotopic (exact) mass is 309 g/mol. The fraction of sp³-hybridized carbons (Fsp3) is 0.250. The maximum absolute atomic E-state index is 12.7. The topological polar surface area (TPSA) is 41.5 Å². The highest BCUT2D eigenvalue weighted by Gasteiger charge is 2.06. The predicted octanol–water partition coefficient (Wildman–Crippen LogP) is 3.01. The van der Waals surface area contributed by atoms with Crippen LogP contribution in [-0.2, 0) is 6.54 Å². The summed E-state index contributed by atoms with van der Waals surface area (Å²) in [6, 6.07) is 13.2. The minimum absolute atomic E-state index is 0.140. The highest BCUT2D eigenvalue weighted by atomic mass is 35.5. The lowest BCUT2D eigenvalue weighted by molar-refractivity contribution is 0.106. The Balaban J connectivity index is 1.69. The lowest BCUT2D eigenvalue weighted by Crippen LogP contribution is -2.31. The molecule has 0 fully saturated rings. The fourth-order valence-electron chi connectivity index (χ4n) is 1.80. The lowest BCUT2D eigenvalue weighted by Gasteiger charge is -2.13. The van der Waals surface area contributed by atoms with Gasteiger partial charge in [0.1, 0.15) is 24.3 Å². The molecule has 0 spiro atoms. The molecule has 0 unspecified atom stereocenters. The minimum atomic E-state index is -0.655. The zero-order valence-corrected chi connectivity index (χ0v) is 12.2. The van der Waals surface area contributed by atoms with Crippen LogP contribution < -0.4 is 10.1 Å². The van der Waals surface area contributed by atoms with Gasteiger partial charge in [-0.05, 0) is 35.9 Å². The molecule has 0 aromatic heterocycles. The Morgan fingerprint density at radius 3 is 2.57 bits per heavy atom. The summed E-state index contributed by atoms with van der Waals surface area (Å²) in [6.07, 6.45) is -0.655. The Kier molecular flexibility index (Phi) is 5.99. The molecule has 0 bridgehead atoms. The second-order valence-electron chi connectivity index (χ2n) is 4.64. The Morgan fingerprint density at radius 2 is 1.86 bits per heavy atom. The van der Waals surface area contributed by atoms with Gasteiger partial charge in [0, 0.05) is 18.1 Å². The van der Waals surface area contributed by atoms with Crippen LogP contribution in [0.3, 0.4) is 0 Å². The Morgan fingerprint density at radius 1 is 1.14 bits per heavy atom. The molecule has 0 aliphatic heterocycles. The average Bonchev–Trinajstić information content (AvgIpc) is 2.49. The van der Waals surface area contributed by atoms with Crippen molar-refractivity contribution < 1.29 is 14.2 Å². The molecule has 3 nitrogen and oxygen atoms in total. The summed E-state index contributed by atoms with van der Waals surface area (Å²) in [4.78, 5) is 0. The summed E-state index contributed by atoms with van der Waals surface area (Å²) in [5, 5.41) is 13.6. The average molecular weight is 310 g/mol. The summed E-state index contributed by atoms with van der Waals surface area (Å²) < 4.78 is 18.1. The van der Waals surface area contributed by atoms with Crippen molar-refractivity contribution in [3.8, 4) is 5.75 Å². The van der Waals surface area contributed by atoms with Gasteiger partial charge in [0.25, 0.3) is 0 Å². The molecule has 21 heavy (non-hydrogen) atoms. The van der Waals surface area contributed by atoms with Gasteiger partial charge in [-0.1, -0.05) is 29.8 Å². The molecule has 2 rings (SSSR count). The van der Waals surface area contributed by atoms with Gasteiger partial charge in [0.15, 0.2) is 0 Å². The van der Waals surface area contributed by atoms with E-state index in [0.717, 1.165) is 5.56 Å². The molecule has 2 aromatic carbocycles. The van der Waals surface area contributed by atoms with Crippen LogP contribution in [0.2, 0.25) is 5.02 Å². The van der Waals surface area contributed by atoms with E-state index in [2.05, 4.69) is 5.32 Å². The van der Waals surface area contributed by atoms with Crippen molar-refractivity contribution >= 4 is 11.6 Å². The third-order valence-corrected chi connectivity index (χ3v) is 3.28. The first-order chi connectivity index (χ1) is 10.1. The zero-order valence-electron chi connectivity index (χ0n) is 11.4. The maximum Gasteiger partial charge on any atom is 0.123 e. The number of benzene rings is 2. The van der Waals surface area contributed by atoms with Crippen LogP contribution in [0.5, 0.6) is 5.75 Å². The third kappa shape index (κ3) is 5.34. The normalized spacial score (nSPS) is 12.1. The van der Waals surface area contributed by atoms with E-state index in [4.69, 9.17) is 16.3 Å². The van der Waals surface area contributed by atoms with Gasteiger partial charge in [0.2, 0.25) is 0 Å². The van der Waals surface area contributed by atoms with Gasteiger partial charge < -0.3 is 15.2 Å². The Bertz CT molecular complexity index is 562. The molecule has 1 atom stereocenters. The van der Waals surface area contributed by atoms with Gasteiger partial charge >= 0.3 is 0 Å². The Labute approximate surface area is 128 Å². The maximum atomic E-state index is 12.7. The number of aliphatic hydroxyl groups is 1. The third-order valence-electron chi connectivity index (χ3n) is 2.91. The molecule has 0 saturated heterocycles. The first-order valence-electron chi connectivity index (χ1n) is 6.65. The van der Waals surface area contributed by atoms with Gasteiger partial charge in [-0.25, -0.2) is 4.39 Å². The van der Waals surface area contributed by atoms with Gasteiger partial charge in [-0.3, -0.25) is 0 Å². The highest BCUT2D eigenvalue weighted by molar-refractivity contribution is 6.31. The van der Waals surface area contributed by atoms with Crippen molar-refractivity contribution in [3.63, 3.8) is 0 Å². The van der Waals surface area contributed by atoms with Crippen LogP contribution in [-0.4, -0.2) is 24.4 Å². The number of hydrogen-bond acceptors (Lipinski definition) is 3. The SMILES string of the molecule is O[C@@H](CNCc1ccccc1Cl)COc1ccc(F)cc1. The zero-order chi connectivity index (χ0) is 15.1. The lowest BCUT2D eigenvalue weighted by atomic mass is 10.2. The molecule has 0 saturated carbocycles. The molecule has 0 aliphatic rings. The van der Waals surface area contributed by atoms with Crippen LogP contribution in [0.4, 0.5) is 4.39 Å². The number of nitrogens with one attached hydrogen (secondary N) is 1. The van der Waals surface area contributed by atoms with Crippen LogP contribution >= 0.6 is 11.6 Å². The molecular weight excluding hydrogens is 293 g/mol. The molecule has 2 aromatic rings. The summed E-state index contributed by atoms with van der Waals surface area (Å²) in [5.41, 5.74) is 0.978. The first-order valence-corrected chi connectivity index (χ1v) is 7.03. The van der Waals surface area contributed by atoms with Crippen molar-refractivity contribution in [3.05, 3.63) is 64.9 Å². The van der Waals surface area contributed by atoms with E-state index < -0.39 is 6.10 Å². The second kappa shape index (κ2) is 7.98. The minimum Gasteiger partial charge on any atom is -0.491 e. The standard InChI is InChI=1S/C16H17ClFNO2/c17-16-4-2-1-3-12(16)9-19-10-14(20)11-21-15-7-5-13(18)6-8-15/h1-8,14,19-20H,9-11H2/t14-/m0/s1. The van der Waals surface area contributed by atoms with Gasteiger partial charge in [-0.15, -0.1) is 0 Å². The smallest absolute Gasteiger partial charge is 0.123 e. The molecule has 2 N–H and O–H groups in total. The summed E-state index contributed by atoms with van der Waals surface area (Å²) in [5.74, 6) is 0.214. The van der Waals surface area contributed by atoms with Gasteiger partial charge in [0.05, 0.1) is 0 Å². The predicted molar refractivity (Wildman–Crippen MR) is 81.1 cm³/mol. The molecule has 0 amide bonds. The quantitative estimate of drug-likeness (QED) is 0.826. The van der Waals surface area contributed by atoms with E-state index in [1.54, 1.807) is 0 Å². The molecule has 0 aliphatic carbocycles. The van der Waals surface area contributed by atoms with Crippen LogP contribution in [0.1, 0.15) is 5.56 Å². The van der Waals surface area contributed by atoms with Crippen LogP contribution in [0.25, 0.3) is 0 Å². The number of rotatable bonds is 7. The van der Waals surface area contributed by atoms with E-state index in [0.29, 0.717) is 23.9 Å². The Hall–Kier alpha value is -1.62. The molecule has 112 valence electrons. The summed E-state index contributed by atoms with van der Waals surface area (Å²) >= 11 is 6.04. The van der Waals surface area contributed by atoms with Crippen molar-refractivity contribution in [2.24, 2.45) is 0 Å². The van der Waals surface area contributed by atoms with Crippen molar-refractivity contribution in [2.75, 3.05) is 13.2 Å². The van der Waals surface area contributed by atoms with Crippen LogP contribution in [0, 0.1) is 5.82 Å². The van der Waals surface area contributed by atoms with E-state index >= 15 is 0 Å². The second-order valence-corrected chi connectivity index (χ2v) is 5.05. The molecule has 0 heterocycles. The largest absolute Gasteiger partial charge is 0.491 e. The van der Waals surface area contributed by atoms with Crippen LogP contribution in [0.15, 0.2) is 48.5 Å². The fourth-order valence-corrected chi connectivity index (χ4v) is 2.00. The van der Waals surface area contributed by atoms with Crippen molar-refractivity contribution in [2.45, 2.75) is 12.6 Å².